The molecule has 0 saturated heterocycles. The van der Waals surface area contributed by atoms with Crippen LogP contribution in [0.15, 0.2) is 51.9 Å². The van der Waals surface area contributed by atoms with Gasteiger partial charge < -0.3 is 10.5 Å². The molecule has 0 bridgehead atoms. The predicted molar refractivity (Wildman–Crippen MR) is 89.3 cm³/mol. The van der Waals surface area contributed by atoms with Crippen LogP contribution in [0, 0.1) is 17.2 Å². The second kappa shape index (κ2) is 6.13. The maximum atomic E-state index is 12.6. The Kier molecular flexibility index (Phi) is 4.18. The van der Waals surface area contributed by atoms with Gasteiger partial charge in [0.15, 0.2) is 5.78 Å². The number of nitrogens with zero attached hydrogens (tertiary/aromatic N) is 1. The van der Waals surface area contributed by atoms with Gasteiger partial charge in [-0.3, -0.25) is 4.79 Å². The van der Waals surface area contributed by atoms with E-state index in [1.54, 1.807) is 11.8 Å². The Morgan fingerprint density at radius 3 is 2.61 bits per heavy atom. The molecule has 0 amide bonds. The van der Waals surface area contributed by atoms with E-state index in [-0.39, 0.29) is 17.6 Å². The molecule has 1 heterocycles. The van der Waals surface area contributed by atoms with E-state index in [0.29, 0.717) is 29.7 Å². The van der Waals surface area contributed by atoms with Crippen LogP contribution < -0.4 is 5.73 Å². The van der Waals surface area contributed by atoms with Gasteiger partial charge in [-0.15, -0.1) is 11.8 Å². The van der Waals surface area contributed by atoms with Crippen LogP contribution in [0.1, 0.15) is 31.2 Å². The quantitative estimate of drug-likeness (QED) is 0.842. The minimum Gasteiger partial charge on any atom is -0.444 e. The topological polar surface area (TPSA) is 76.1 Å². The zero-order valence-electron chi connectivity index (χ0n) is 13.1. The first-order valence-electron chi connectivity index (χ1n) is 7.53. The van der Waals surface area contributed by atoms with E-state index < -0.39 is 5.92 Å². The molecule has 5 heteroatoms. The van der Waals surface area contributed by atoms with Gasteiger partial charge in [0, 0.05) is 23.3 Å². The summed E-state index contributed by atoms with van der Waals surface area (Å²) in [6, 6.07) is 10.0. The molecule has 2 unspecified atom stereocenters. The highest BCUT2D eigenvalue weighted by molar-refractivity contribution is 7.98. The molecule has 4 nitrogen and oxygen atoms in total. The van der Waals surface area contributed by atoms with Gasteiger partial charge >= 0.3 is 0 Å². The van der Waals surface area contributed by atoms with Crippen molar-refractivity contribution >= 4 is 17.5 Å². The van der Waals surface area contributed by atoms with Gasteiger partial charge in [-0.1, -0.05) is 19.1 Å². The van der Waals surface area contributed by atoms with Gasteiger partial charge in [0.1, 0.15) is 17.4 Å². The molecule has 2 N–H and O–H groups in total. The molecule has 23 heavy (non-hydrogen) atoms. The molecule has 0 fully saturated rings. The summed E-state index contributed by atoms with van der Waals surface area (Å²) in [5.74, 6) is 0.617. The number of ketones is 1. The molecule has 1 aromatic rings. The molecular formula is C18H18N2O2S. The van der Waals surface area contributed by atoms with Crippen molar-refractivity contribution in [2.75, 3.05) is 6.26 Å². The van der Waals surface area contributed by atoms with Gasteiger partial charge in [-0.05, 0) is 29.9 Å². The molecule has 1 aliphatic carbocycles. The maximum absolute atomic E-state index is 12.6. The Labute approximate surface area is 140 Å². The number of hydrogen-bond acceptors (Lipinski definition) is 5. The molecule has 0 aromatic heterocycles. The number of benzene rings is 1. The van der Waals surface area contributed by atoms with Gasteiger partial charge in [-0.25, -0.2) is 0 Å². The molecule has 2 aliphatic rings. The van der Waals surface area contributed by atoms with E-state index in [9.17, 15) is 10.1 Å². The largest absolute Gasteiger partial charge is 0.444 e. The second-order valence-electron chi connectivity index (χ2n) is 5.97. The number of ether oxygens (including phenoxy) is 1. The summed E-state index contributed by atoms with van der Waals surface area (Å²) in [6.07, 6.45) is 3.18. The molecule has 3 rings (SSSR count). The minimum atomic E-state index is -0.417. The average molecular weight is 326 g/mol. The van der Waals surface area contributed by atoms with Crippen LogP contribution in [-0.4, -0.2) is 12.0 Å². The van der Waals surface area contributed by atoms with Crippen LogP contribution in [0.4, 0.5) is 0 Å². The molecule has 0 radical (unpaired) electrons. The van der Waals surface area contributed by atoms with E-state index in [4.69, 9.17) is 10.5 Å². The van der Waals surface area contributed by atoms with Crippen molar-refractivity contribution in [2.45, 2.75) is 30.6 Å². The van der Waals surface area contributed by atoms with Crippen molar-refractivity contribution in [1.82, 2.24) is 0 Å². The summed E-state index contributed by atoms with van der Waals surface area (Å²) in [5, 5.41) is 9.52. The zero-order chi connectivity index (χ0) is 16.6. The van der Waals surface area contributed by atoms with Gasteiger partial charge in [-0.2, -0.15) is 5.26 Å². The van der Waals surface area contributed by atoms with Crippen LogP contribution >= 0.6 is 11.8 Å². The monoisotopic (exact) mass is 326 g/mol. The fourth-order valence-corrected chi connectivity index (χ4v) is 3.63. The smallest absolute Gasteiger partial charge is 0.205 e. The summed E-state index contributed by atoms with van der Waals surface area (Å²) < 4.78 is 5.62. The van der Waals surface area contributed by atoms with E-state index in [1.807, 2.05) is 37.4 Å². The third kappa shape index (κ3) is 2.75. The summed E-state index contributed by atoms with van der Waals surface area (Å²) in [6.45, 7) is 2.02. The lowest BCUT2D eigenvalue weighted by atomic mass is 9.75. The van der Waals surface area contributed by atoms with Gasteiger partial charge in [0.05, 0.1) is 5.92 Å². The standard InChI is InChI=1S/C18H18N2O2S/c1-10-7-14(21)17-15(8-10)22-18(20)13(9-19)16(17)11-3-5-12(23-2)6-4-11/h3-6,10,16H,7-8,20H2,1-2H3. The molecule has 118 valence electrons. The highest BCUT2D eigenvalue weighted by Gasteiger charge is 2.39. The van der Waals surface area contributed by atoms with E-state index in [1.165, 1.54) is 0 Å². The number of carbonyl (C=O) groups excluding carboxylic acids is 1. The molecule has 0 saturated carbocycles. The number of Topliss-reactive ketones (excluding diaryl/α,β-unsaturated/α-hetero) is 1. The van der Waals surface area contributed by atoms with Crippen LogP contribution in [0.2, 0.25) is 0 Å². The summed E-state index contributed by atoms with van der Waals surface area (Å²) in [7, 11) is 0. The minimum absolute atomic E-state index is 0.0537. The highest BCUT2D eigenvalue weighted by atomic mass is 32.2. The van der Waals surface area contributed by atoms with Crippen LogP contribution in [0.5, 0.6) is 0 Å². The normalized spacial score (nSPS) is 24.1. The molecule has 2 atom stereocenters. The Hall–Kier alpha value is -2.19. The predicted octanol–water partition coefficient (Wildman–Crippen LogP) is 3.47. The first-order chi connectivity index (χ1) is 11.0. The SMILES string of the molecule is CSc1ccc(C2C(C#N)=C(N)OC3=C2C(=O)CC(C)C3)cc1. The Balaban J connectivity index is 2.13. The fourth-order valence-electron chi connectivity index (χ4n) is 3.22. The van der Waals surface area contributed by atoms with Crippen molar-refractivity contribution in [1.29, 1.82) is 5.26 Å². The number of carbonyl (C=O) groups is 1. The van der Waals surface area contributed by atoms with Crippen molar-refractivity contribution < 1.29 is 9.53 Å². The number of nitriles is 1. The van der Waals surface area contributed by atoms with E-state index in [0.717, 1.165) is 10.5 Å². The van der Waals surface area contributed by atoms with Crippen molar-refractivity contribution in [2.24, 2.45) is 11.7 Å². The summed E-state index contributed by atoms with van der Waals surface area (Å²) >= 11 is 1.65. The first-order valence-corrected chi connectivity index (χ1v) is 8.75. The Bertz CT molecular complexity index is 756. The second-order valence-corrected chi connectivity index (χ2v) is 6.85. The third-order valence-corrected chi connectivity index (χ3v) is 5.06. The van der Waals surface area contributed by atoms with Gasteiger partial charge in [0.2, 0.25) is 5.88 Å². The number of rotatable bonds is 2. The number of hydrogen-bond donors (Lipinski definition) is 1. The Morgan fingerprint density at radius 2 is 2.00 bits per heavy atom. The molecule has 1 aliphatic heterocycles. The Morgan fingerprint density at radius 1 is 1.30 bits per heavy atom. The van der Waals surface area contributed by atoms with Crippen molar-refractivity contribution in [3.05, 3.63) is 52.6 Å². The summed E-state index contributed by atoms with van der Waals surface area (Å²) in [5.41, 5.74) is 7.79. The number of thioether (sulfide) groups is 1. The molecule has 0 spiro atoms. The van der Waals surface area contributed by atoms with Crippen LogP contribution in [-0.2, 0) is 9.53 Å². The van der Waals surface area contributed by atoms with Crippen LogP contribution in [0.25, 0.3) is 0 Å². The first kappa shape index (κ1) is 15.7. The van der Waals surface area contributed by atoms with Crippen molar-refractivity contribution in [3.8, 4) is 6.07 Å². The van der Waals surface area contributed by atoms with Gasteiger partial charge in [0.25, 0.3) is 0 Å². The van der Waals surface area contributed by atoms with Crippen molar-refractivity contribution in [3.63, 3.8) is 0 Å². The average Bonchev–Trinajstić information content (AvgIpc) is 2.53. The fraction of sp³-hybridized carbons (Fsp3) is 0.333. The van der Waals surface area contributed by atoms with E-state index >= 15 is 0 Å². The molecular weight excluding hydrogens is 308 g/mol. The van der Waals surface area contributed by atoms with E-state index in [2.05, 4.69) is 6.07 Å². The zero-order valence-corrected chi connectivity index (χ0v) is 13.9. The number of nitrogens with two attached hydrogens (primary N) is 1. The lowest BCUT2D eigenvalue weighted by Gasteiger charge is -2.33. The third-order valence-electron chi connectivity index (χ3n) is 4.31. The lowest BCUT2D eigenvalue weighted by molar-refractivity contribution is -0.117. The highest BCUT2D eigenvalue weighted by Crippen LogP contribution is 2.44. The summed E-state index contributed by atoms with van der Waals surface area (Å²) in [4.78, 5) is 13.7. The molecule has 1 aromatic carbocycles. The van der Waals surface area contributed by atoms with Crippen LogP contribution in [0.3, 0.4) is 0 Å². The number of allylic oxidation sites excluding steroid dienone is 3. The lowest BCUT2D eigenvalue weighted by Crippen LogP contribution is -2.29. The maximum Gasteiger partial charge on any atom is 0.205 e.